The molecule has 0 fully saturated rings. The monoisotopic (exact) mass is 240 g/mol. The van der Waals surface area contributed by atoms with Crippen LogP contribution in [0.3, 0.4) is 0 Å². The van der Waals surface area contributed by atoms with Gasteiger partial charge in [-0.05, 0) is 26.6 Å². The lowest BCUT2D eigenvalue weighted by Crippen LogP contribution is -2.43. The van der Waals surface area contributed by atoms with Crippen LogP contribution in [0.1, 0.15) is 20.8 Å². The Kier molecular flexibility index (Phi) is 9.06. The van der Waals surface area contributed by atoms with E-state index in [-0.39, 0.29) is 6.04 Å². The summed E-state index contributed by atoms with van der Waals surface area (Å²) in [4.78, 5) is 4.56. The van der Waals surface area contributed by atoms with Crippen LogP contribution < -0.4 is 5.32 Å². The van der Waals surface area contributed by atoms with E-state index in [1.54, 1.807) is 0 Å². The molecule has 0 bridgehead atoms. The van der Waals surface area contributed by atoms with Gasteiger partial charge in [-0.25, -0.2) is 0 Å². The minimum absolute atomic E-state index is 0.0547. The summed E-state index contributed by atoms with van der Waals surface area (Å²) >= 11 is 0. The lowest BCUT2D eigenvalue weighted by atomic mass is 10.2. The topological polar surface area (TPSA) is 42.3 Å². The first-order valence-electron chi connectivity index (χ1n) is 6.49. The molecule has 0 aromatic heterocycles. The predicted molar refractivity (Wildman–Crippen MR) is 72.9 cm³/mol. The molecule has 0 radical (unpaired) electrons. The lowest BCUT2D eigenvalue weighted by molar-refractivity contribution is 0.209. The van der Waals surface area contributed by atoms with Crippen molar-refractivity contribution in [1.29, 1.82) is 5.26 Å². The third-order valence-corrected chi connectivity index (χ3v) is 2.53. The van der Waals surface area contributed by atoms with Crippen molar-refractivity contribution in [3.05, 3.63) is 0 Å². The molecule has 0 saturated carbocycles. The molecule has 0 aromatic carbocycles. The second-order valence-electron chi connectivity index (χ2n) is 5.20. The Balaban J connectivity index is 4.20. The SMILES string of the molecule is CCNC(C#N)CN(CCN(C)C)CC(C)C. The van der Waals surface area contributed by atoms with E-state index >= 15 is 0 Å². The molecule has 1 N–H and O–H groups in total. The molecule has 100 valence electrons. The summed E-state index contributed by atoms with van der Waals surface area (Å²) in [6.45, 7) is 11.3. The molecule has 1 unspecified atom stereocenters. The fourth-order valence-electron chi connectivity index (χ4n) is 1.77. The van der Waals surface area contributed by atoms with Crippen LogP contribution in [0.15, 0.2) is 0 Å². The van der Waals surface area contributed by atoms with Gasteiger partial charge in [0.15, 0.2) is 0 Å². The largest absolute Gasteiger partial charge is 0.308 e. The van der Waals surface area contributed by atoms with Gasteiger partial charge < -0.3 is 10.2 Å². The van der Waals surface area contributed by atoms with Gasteiger partial charge in [-0.3, -0.25) is 4.90 Å². The van der Waals surface area contributed by atoms with Crippen LogP contribution in [0.2, 0.25) is 0 Å². The quantitative estimate of drug-likeness (QED) is 0.653. The number of likely N-dealkylation sites (N-methyl/N-ethyl adjacent to an activating group) is 2. The molecule has 0 aromatic rings. The summed E-state index contributed by atoms with van der Waals surface area (Å²) in [5.74, 6) is 0.637. The first kappa shape index (κ1) is 16.4. The van der Waals surface area contributed by atoms with E-state index in [2.05, 4.69) is 49.1 Å². The summed E-state index contributed by atoms with van der Waals surface area (Å²) in [5, 5.41) is 12.3. The molecule has 0 saturated heterocycles. The van der Waals surface area contributed by atoms with Crippen molar-refractivity contribution < 1.29 is 0 Å². The van der Waals surface area contributed by atoms with Gasteiger partial charge in [0, 0.05) is 26.2 Å². The minimum atomic E-state index is -0.0547. The molecule has 0 aliphatic rings. The molecule has 0 aliphatic carbocycles. The van der Waals surface area contributed by atoms with E-state index in [0.29, 0.717) is 5.92 Å². The summed E-state index contributed by atoms with van der Waals surface area (Å²) in [6, 6.07) is 2.27. The first-order chi connectivity index (χ1) is 7.99. The Morgan fingerprint density at radius 2 is 1.82 bits per heavy atom. The molecule has 0 aliphatic heterocycles. The van der Waals surface area contributed by atoms with Crippen molar-refractivity contribution in [1.82, 2.24) is 15.1 Å². The molecule has 0 amide bonds. The van der Waals surface area contributed by atoms with E-state index in [1.165, 1.54) is 0 Å². The molecule has 1 atom stereocenters. The van der Waals surface area contributed by atoms with E-state index in [9.17, 15) is 0 Å². The Morgan fingerprint density at radius 1 is 1.18 bits per heavy atom. The molecular weight excluding hydrogens is 212 g/mol. The van der Waals surface area contributed by atoms with Crippen molar-refractivity contribution >= 4 is 0 Å². The van der Waals surface area contributed by atoms with Crippen LogP contribution >= 0.6 is 0 Å². The van der Waals surface area contributed by atoms with Gasteiger partial charge in [0.1, 0.15) is 6.04 Å². The van der Waals surface area contributed by atoms with E-state index in [0.717, 1.165) is 32.7 Å². The highest BCUT2D eigenvalue weighted by Crippen LogP contribution is 2.00. The Bertz CT molecular complexity index is 220. The standard InChI is InChI=1S/C13H28N4/c1-6-15-13(9-14)11-17(10-12(2)3)8-7-16(4)5/h12-13,15H,6-8,10-11H2,1-5H3. The second-order valence-corrected chi connectivity index (χ2v) is 5.20. The molecule has 0 spiro atoms. The normalized spacial score (nSPS) is 13.4. The highest BCUT2D eigenvalue weighted by atomic mass is 15.2. The van der Waals surface area contributed by atoms with Gasteiger partial charge in [0.2, 0.25) is 0 Å². The highest BCUT2D eigenvalue weighted by Gasteiger charge is 2.13. The number of hydrogen-bond acceptors (Lipinski definition) is 4. The van der Waals surface area contributed by atoms with Crippen molar-refractivity contribution in [2.75, 3.05) is 46.8 Å². The average molecular weight is 240 g/mol. The van der Waals surface area contributed by atoms with Crippen LogP contribution in [0, 0.1) is 17.2 Å². The van der Waals surface area contributed by atoms with E-state index in [4.69, 9.17) is 5.26 Å². The first-order valence-corrected chi connectivity index (χ1v) is 6.49. The minimum Gasteiger partial charge on any atom is -0.308 e. The Hall–Kier alpha value is -0.630. The van der Waals surface area contributed by atoms with E-state index in [1.807, 2.05) is 6.92 Å². The smallest absolute Gasteiger partial charge is 0.108 e. The molecule has 4 heteroatoms. The van der Waals surface area contributed by atoms with Crippen molar-refractivity contribution in [2.45, 2.75) is 26.8 Å². The van der Waals surface area contributed by atoms with Crippen LogP contribution in [-0.2, 0) is 0 Å². The summed E-state index contributed by atoms with van der Waals surface area (Å²) in [6.07, 6.45) is 0. The molecule has 17 heavy (non-hydrogen) atoms. The van der Waals surface area contributed by atoms with Gasteiger partial charge in [-0.15, -0.1) is 0 Å². The zero-order valence-electron chi connectivity index (χ0n) is 12.0. The van der Waals surface area contributed by atoms with Crippen molar-refractivity contribution in [2.24, 2.45) is 5.92 Å². The molecule has 0 rings (SSSR count). The number of nitrogens with one attached hydrogen (secondary N) is 1. The highest BCUT2D eigenvalue weighted by molar-refractivity contribution is 4.92. The van der Waals surface area contributed by atoms with Crippen LogP contribution in [-0.4, -0.2) is 62.7 Å². The zero-order valence-corrected chi connectivity index (χ0v) is 12.0. The fourth-order valence-corrected chi connectivity index (χ4v) is 1.77. The third kappa shape index (κ3) is 9.11. The van der Waals surface area contributed by atoms with E-state index < -0.39 is 0 Å². The summed E-state index contributed by atoms with van der Waals surface area (Å²) < 4.78 is 0. The van der Waals surface area contributed by atoms with Gasteiger partial charge in [0.05, 0.1) is 6.07 Å². The fraction of sp³-hybridized carbons (Fsp3) is 0.923. The summed E-state index contributed by atoms with van der Waals surface area (Å²) in [5.41, 5.74) is 0. The Morgan fingerprint density at radius 3 is 2.24 bits per heavy atom. The maximum absolute atomic E-state index is 9.07. The summed E-state index contributed by atoms with van der Waals surface area (Å²) in [7, 11) is 4.17. The number of hydrogen-bond donors (Lipinski definition) is 1. The van der Waals surface area contributed by atoms with Gasteiger partial charge in [-0.1, -0.05) is 20.8 Å². The van der Waals surface area contributed by atoms with Crippen molar-refractivity contribution in [3.8, 4) is 6.07 Å². The molecule has 0 heterocycles. The molecule has 4 nitrogen and oxygen atoms in total. The maximum atomic E-state index is 9.07. The number of nitriles is 1. The number of nitrogens with zero attached hydrogens (tertiary/aromatic N) is 3. The van der Waals surface area contributed by atoms with Crippen LogP contribution in [0.25, 0.3) is 0 Å². The average Bonchev–Trinajstić information content (AvgIpc) is 2.24. The second kappa shape index (κ2) is 9.41. The third-order valence-electron chi connectivity index (χ3n) is 2.53. The van der Waals surface area contributed by atoms with Crippen LogP contribution in [0.5, 0.6) is 0 Å². The predicted octanol–water partition coefficient (Wildman–Crippen LogP) is 1.01. The van der Waals surface area contributed by atoms with Crippen LogP contribution in [0.4, 0.5) is 0 Å². The maximum Gasteiger partial charge on any atom is 0.108 e. The van der Waals surface area contributed by atoms with Crippen molar-refractivity contribution in [3.63, 3.8) is 0 Å². The van der Waals surface area contributed by atoms with Gasteiger partial charge in [0.25, 0.3) is 0 Å². The Labute approximate surface area is 107 Å². The number of rotatable bonds is 9. The lowest BCUT2D eigenvalue weighted by Gasteiger charge is -2.27. The molecular formula is C13H28N4. The van der Waals surface area contributed by atoms with Gasteiger partial charge in [-0.2, -0.15) is 5.26 Å². The van der Waals surface area contributed by atoms with Gasteiger partial charge >= 0.3 is 0 Å². The zero-order chi connectivity index (χ0) is 13.3.